The van der Waals surface area contributed by atoms with Gasteiger partial charge in [-0.1, -0.05) is 63.9 Å². The van der Waals surface area contributed by atoms with Crippen molar-refractivity contribution in [1.29, 1.82) is 0 Å². The lowest BCUT2D eigenvalue weighted by Crippen LogP contribution is -2.54. The molecule has 1 aromatic heterocycles. The fourth-order valence-electron chi connectivity index (χ4n) is 3.50. The highest BCUT2D eigenvalue weighted by atomic mass is 32.1. The number of hydrogen-bond donors (Lipinski definition) is 4. The van der Waals surface area contributed by atoms with Gasteiger partial charge in [0.15, 0.2) is 0 Å². The van der Waals surface area contributed by atoms with Crippen molar-refractivity contribution in [2.75, 3.05) is 5.32 Å². The van der Waals surface area contributed by atoms with Gasteiger partial charge in [-0.05, 0) is 36.5 Å². The van der Waals surface area contributed by atoms with Crippen molar-refractivity contribution in [3.8, 4) is 0 Å². The molecular weight excluding hydrogens is 448 g/mol. The second kappa shape index (κ2) is 14.4. The van der Waals surface area contributed by atoms with E-state index in [1.807, 2.05) is 44.2 Å². The third-order valence-corrected chi connectivity index (χ3v) is 5.81. The van der Waals surface area contributed by atoms with Gasteiger partial charge in [0.2, 0.25) is 17.7 Å². The highest BCUT2D eigenvalue weighted by Crippen LogP contribution is 2.12. The van der Waals surface area contributed by atoms with Crippen molar-refractivity contribution < 1.29 is 14.4 Å². The van der Waals surface area contributed by atoms with E-state index in [9.17, 15) is 14.4 Å². The maximum absolute atomic E-state index is 13.3. The van der Waals surface area contributed by atoms with Crippen molar-refractivity contribution in [3.63, 3.8) is 0 Å². The van der Waals surface area contributed by atoms with Crippen LogP contribution in [0.25, 0.3) is 0 Å². The number of pyridine rings is 1. The molecule has 1 aromatic carbocycles. The van der Waals surface area contributed by atoms with E-state index in [2.05, 4.69) is 40.5 Å². The molecule has 1 heterocycles. The monoisotopic (exact) mass is 484 g/mol. The van der Waals surface area contributed by atoms with Crippen LogP contribution in [0.3, 0.4) is 0 Å². The van der Waals surface area contributed by atoms with E-state index in [1.165, 1.54) is 0 Å². The molecule has 34 heavy (non-hydrogen) atoms. The van der Waals surface area contributed by atoms with Crippen LogP contribution in [0.15, 0.2) is 54.9 Å². The third-order valence-electron chi connectivity index (χ3n) is 5.32. The van der Waals surface area contributed by atoms with E-state index in [4.69, 9.17) is 0 Å². The molecule has 7 nitrogen and oxygen atoms in total. The topological polar surface area (TPSA) is 100 Å². The van der Waals surface area contributed by atoms with Gasteiger partial charge in [-0.15, -0.1) is 0 Å². The molecule has 0 saturated heterocycles. The molecule has 3 amide bonds. The summed E-state index contributed by atoms with van der Waals surface area (Å²) in [4.78, 5) is 43.0. The third kappa shape index (κ3) is 9.55. The van der Waals surface area contributed by atoms with Gasteiger partial charge in [0, 0.05) is 12.6 Å². The zero-order chi connectivity index (χ0) is 24.9. The molecule has 0 spiro atoms. The Balaban J connectivity index is 2.16. The molecule has 3 atom stereocenters. The normalized spacial score (nSPS) is 13.6. The lowest BCUT2D eigenvalue weighted by molar-refractivity contribution is -0.131. The summed E-state index contributed by atoms with van der Waals surface area (Å²) in [5, 5.41) is 8.05. The Labute approximate surface area is 207 Å². The maximum atomic E-state index is 13.3. The highest BCUT2D eigenvalue weighted by Gasteiger charge is 2.29. The first-order valence-electron chi connectivity index (χ1n) is 11.8. The molecule has 0 bridgehead atoms. The van der Waals surface area contributed by atoms with Crippen LogP contribution in [-0.4, -0.2) is 40.0 Å². The average Bonchev–Trinajstić information content (AvgIpc) is 2.82. The van der Waals surface area contributed by atoms with Gasteiger partial charge >= 0.3 is 0 Å². The number of aromatic nitrogens is 1. The summed E-state index contributed by atoms with van der Waals surface area (Å²) in [7, 11) is 0. The second-order valence-corrected chi connectivity index (χ2v) is 9.45. The first-order valence-corrected chi connectivity index (χ1v) is 12.3. The van der Waals surface area contributed by atoms with Crippen molar-refractivity contribution in [3.05, 3.63) is 60.4 Å². The first kappa shape index (κ1) is 27.4. The number of benzene rings is 1. The van der Waals surface area contributed by atoms with E-state index in [0.29, 0.717) is 24.9 Å². The van der Waals surface area contributed by atoms with E-state index in [0.717, 1.165) is 18.4 Å². The van der Waals surface area contributed by atoms with Crippen LogP contribution in [0.2, 0.25) is 0 Å². The number of carbonyl (C=O) groups is 3. The van der Waals surface area contributed by atoms with E-state index < -0.39 is 17.3 Å². The van der Waals surface area contributed by atoms with Crippen molar-refractivity contribution in [2.45, 2.75) is 70.2 Å². The zero-order valence-corrected chi connectivity index (χ0v) is 21.1. The molecule has 3 N–H and O–H groups in total. The summed E-state index contributed by atoms with van der Waals surface area (Å²) in [6, 6.07) is 11.4. The van der Waals surface area contributed by atoms with Gasteiger partial charge in [-0.2, -0.15) is 12.6 Å². The fourth-order valence-corrected chi connectivity index (χ4v) is 3.75. The number of hydrogen-bond acceptors (Lipinski definition) is 5. The van der Waals surface area contributed by atoms with E-state index in [-0.39, 0.29) is 23.6 Å². The molecule has 2 aromatic rings. The number of rotatable bonds is 13. The van der Waals surface area contributed by atoms with Gasteiger partial charge in [0.05, 0.1) is 17.1 Å². The summed E-state index contributed by atoms with van der Waals surface area (Å²) < 4.78 is 0. The number of amides is 3. The van der Waals surface area contributed by atoms with Gasteiger partial charge in [0.25, 0.3) is 0 Å². The lowest BCUT2D eigenvalue weighted by atomic mass is 10.0. The number of nitrogens with one attached hydrogen (secondary N) is 3. The molecule has 0 saturated carbocycles. The molecule has 0 aliphatic carbocycles. The van der Waals surface area contributed by atoms with Gasteiger partial charge in [-0.25, -0.2) is 0 Å². The Bertz CT molecular complexity index is 909. The second-order valence-electron chi connectivity index (χ2n) is 8.83. The van der Waals surface area contributed by atoms with Gasteiger partial charge < -0.3 is 16.0 Å². The molecule has 0 aliphatic rings. The molecule has 0 radical (unpaired) electrons. The number of anilines is 1. The van der Waals surface area contributed by atoms with Crippen LogP contribution in [-0.2, 0) is 20.8 Å². The largest absolute Gasteiger partial charge is 0.343 e. The van der Waals surface area contributed by atoms with Crippen molar-refractivity contribution in [1.82, 2.24) is 15.6 Å². The summed E-state index contributed by atoms with van der Waals surface area (Å²) >= 11 is 4.40. The molecule has 0 fully saturated rings. The lowest BCUT2D eigenvalue weighted by Gasteiger charge is -2.25. The predicted molar refractivity (Wildman–Crippen MR) is 139 cm³/mol. The van der Waals surface area contributed by atoms with Crippen LogP contribution in [0, 0.1) is 5.92 Å². The van der Waals surface area contributed by atoms with Crippen LogP contribution >= 0.6 is 12.6 Å². The number of nitrogens with zero attached hydrogens (tertiary/aromatic N) is 1. The van der Waals surface area contributed by atoms with Crippen LogP contribution in [0.1, 0.15) is 52.0 Å². The minimum Gasteiger partial charge on any atom is -0.343 e. The minimum absolute atomic E-state index is 0.168. The Kier molecular flexibility index (Phi) is 11.6. The van der Waals surface area contributed by atoms with Crippen molar-refractivity contribution in [2.24, 2.45) is 5.92 Å². The standard InChI is InChI=1S/C26H36N4O3S/c1-4-5-13-23(34)26(33)30-21(15-18(2)3)25(32)29-22(16-19-10-7-6-8-11-19)24(31)28-20-12-9-14-27-17-20/h6-12,14,17-18,21-23,34H,4-5,13,15-16H2,1-3H3,(H,28,31)(H,29,32)(H,30,33). The fraction of sp³-hybridized carbons (Fsp3) is 0.462. The van der Waals surface area contributed by atoms with Crippen LogP contribution in [0.4, 0.5) is 5.69 Å². The van der Waals surface area contributed by atoms with E-state index >= 15 is 0 Å². The quantitative estimate of drug-likeness (QED) is 0.325. The Morgan fingerprint density at radius 1 is 0.941 bits per heavy atom. The Morgan fingerprint density at radius 2 is 1.65 bits per heavy atom. The number of thiol groups is 1. The number of unbranched alkanes of at least 4 members (excludes halogenated alkanes) is 1. The van der Waals surface area contributed by atoms with Gasteiger partial charge in [0.1, 0.15) is 12.1 Å². The molecule has 184 valence electrons. The highest BCUT2D eigenvalue weighted by molar-refractivity contribution is 7.81. The summed E-state index contributed by atoms with van der Waals surface area (Å²) in [5.41, 5.74) is 1.45. The summed E-state index contributed by atoms with van der Waals surface area (Å²) in [6.07, 6.45) is 6.42. The smallest absolute Gasteiger partial charge is 0.247 e. The summed E-state index contributed by atoms with van der Waals surface area (Å²) in [5.74, 6) is -0.839. The van der Waals surface area contributed by atoms with Gasteiger partial charge in [-0.3, -0.25) is 19.4 Å². The first-order chi connectivity index (χ1) is 16.3. The molecular formula is C26H36N4O3S. The maximum Gasteiger partial charge on any atom is 0.247 e. The minimum atomic E-state index is -0.825. The summed E-state index contributed by atoms with van der Waals surface area (Å²) in [6.45, 7) is 6.02. The van der Waals surface area contributed by atoms with E-state index in [1.54, 1.807) is 24.5 Å². The zero-order valence-electron chi connectivity index (χ0n) is 20.2. The average molecular weight is 485 g/mol. The Hall–Kier alpha value is -2.87. The molecule has 0 aliphatic heterocycles. The van der Waals surface area contributed by atoms with Crippen molar-refractivity contribution >= 4 is 36.0 Å². The van der Waals surface area contributed by atoms with Crippen LogP contribution in [0.5, 0.6) is 0 Å². The van der Waals surface area contributed by atoms with Crippen LogP contribution < -0.4 is 16.0 Å². The molecule has 3 unspecified atom stereocenters. The number of carbonyl (C=O) groups excluding carboxylic acids is 3. The molecule has 8 heteroatoms. The Morgan fingerprint density at radius 3 is 2.26 bits per heavy atom. The SMILES string of the molecule is CCCCC(S)C(=O)NC(CC(C)C)C(=O)NC(Cc1ccccc1)C(=O)Nc1cccnc1. The predicted octanol–water partition coefficient (Wildman–Crippen LogP) is 3.77. The molecule has 2 rings (SSSR count).